The molecule has 1 aromatic rings. The van der Waals surface area contributed by atoms with E-state index in [0.29, 0.717) is 23.5 Å². The van der Waals surface area contributed by atoms with Crippen LogP contribution in [-0.2, 0) is 0 Å². The predicted molar refractivity (Wildman–Crippen MR) is 63.0 cm³/mol. The molecule has 1 radical (unpaired) electrons. The Morgan fingerprint density at radius 2 is 2.06 bits per heavy atom. The summed E-state index contributed by atoms with van der Waals surface area (Å²) < 4.78 is 10.2. The monoisotopic (exact) mass is 221 g/mol. The molecule has 0 saturated carbocycles. The molecular weight excluding hydrogens is 204 g/mol. The van der Waals surface area contributed by atoms with Crippen molar-refractivity contribution < 1.29 is 14.3 Å². The van der Waals surface area contributed by atoms with Gasteiger partial charge in [-0.3, -0.25) is 4.79 Å². The largest absolute Gasteiger partial charge is 0.497 e. The molecule has 0 fully saturated rings. The molecule has 0 amide bonds. The van der Waals surface area contributed by atoms with E-state index < -0.39 is 0 Å². The first-order chi connectivity index (χ1) is 7.58. The van der Waals surface area contributed by atoms with E-state index in [0.717, 1.165) is 0 Å². The zero-order valence-corrected chi connectivity index (χ0v) is 9.95. The molecule has 87 valence electrons. The van der Waals surface area contributed by atoms with Crippen molar-refractivity contribution in [3.05, 3.63) is 30.7 Å². The molecule has 0 saturated heterocycles. The Labute approximate surface area is 96.4 Å². The maximum atomic E-state index is 11.9. The summed E-state index contributed by atoms with van der Waals surface area (Å²) in [6.45, 7) is 5.72. The first-order valence-electron chi connectivity index (χ1n) is 5.16. The zero-order chi connectivity index (χ0) is 12.1. The summed E-state index contributed by atoms with van der Waals surface area (Å²) in [4.78, 5) is 11.9. The summed E-state index contributed by atoms with van der Waals surface area (Å²) in [6, 6.07) is 5.20. The van der Waals surface area contributed by atoms with Crippen molar-refractivity contribution in [1.82, 2.24) is 0 Å². The van der Waals surface area contributed by atoms with E-state index in [1.807, 2.05) is 6.92 Å². The Balaban J connectivity index is 3.03. The van der Waals surface area contributed by atoms with Gasteiger partial charge in [-0.05, 0) is 24.1 Å². The fourth-order valence-corrected chi connectivity index (χ4v) is 1.46. The highest BCUT2D eigenvalue weighted by atomic mass is 16.5. The summed E-state index contributed by atoms with van der Waals surface area (Å²) >= 11 is 0. The molecule has 1 atom stereocenters. The van der Waals surface area contributed by atoms with Crippen LogP contribution in [0.15, 0.2) is 18.2 Å². The van der Waals surface area contributed by atoms with Crippen molar-refractivity contribution in [2.24, 2.45) is 5.92 Å². The van der Waals surface area contributed by atoms with E-state index in [1.165, 1.54) is 0 Å². The zero-order valence-electron chi connectivity index (χ0n) is 9.95. The molecule has 0 aliphatic heterocycles. The second-order valence-electron chi connectivity index (χ2n) is 3.80. The van der Waals surface area contributed by atoms with Gasteiger partial charge in [-0.15, -0.1) is 0 Å². The first kappa shape index (κ1) is 12.6. The highest BCUT2D eigenvalue weighted by molar-refractivity contribution is 5.99. The van der Waals surface area contributed by atoms with Crippen LogP contribution in [0.1, 0.15) is 23.7 Å². The average molecular weight is 221 g/mol. The van der Waals surface area contributed by atoms with E-state index in [4.69, 9.17) is 9.47 Å². The quantitative estimate of drug-likeness (QED) is 0.717. The highest BCUT2D eigenvalue weighted by Gasteiger charge is 2.14. The molecule has 1 rings (SSSR count). The van der Waals surface area contributed by atoms with Gasteiger partial charge < -0.3 is 9.47 Å². The third kappa shape index (κ3) is 2.99. The first-order valence-corrected chi connectivity index (χ1v) is 5.16. The van der Waals surface area contributed by atoms with Crippen molar-refractivity contribution in [3.8, 4) is 11.5 Å². The highest BCUT2D eigenvalue weighted by Crippen LogP contribution is 2.25. The van der Waals surface area contributed by atoms with Gasteiger partial charge in [0.2, 0.25) is 0 Å². The van der Waals surface area contributed by atoms with Gasteiger partial charge >= 0.3 is 0 Å². The number of ketones is 1. The molecule has 0 spiro atoms. The number of carbonyl (C=O) groups excluding carboxylic acids is 1. The van der Waals surface area contributed by atoms with Crippen molar-refractivity contribution in [2.45, 2.75) is 13.3 Å². The number of benzene rings is 1. The smallest absolute Gasteiger partial charge is 0.167 e. The van der Waals surface area contributed by atoms with Crippen molar-refractivity contribution >= 4 is 5.78 Å². The van der Waals surface area contributed by atoms with Gasteiger partial charge in [-0.1, -0.05) is 13.8 Å². The molecule has 1 aromatic carbocycles. The van der Waals surface area contributed by atoms with Crippen LogP contribution in [0.5, 0.6) is 11.5 Å². The molecule has 0 aromatic heterocycles. The van der Waals surface area contributed by atoms with E-state index in [9.17, 15) is 4.79 Å². The topological polar surface area (TPSA) is 35.5 Å². The standard InChI is InChI=1S/C13H17O3/c1-9(2)7-12(14)11-8-10(15-3)5-6-13(11)16-4/h5-6,8-9H,1,7H2,2-4H3. The van der Waals surface area contributed by atoms with E-state index in [-0.39, 0.29) is 11.7 Å². The van der Waals surface area contributed by atoms with Gasteiger partial charge in [0.1, 0.15) is 11.5 Å². The molecule has 0 bridgehead atoms. The van der Waals surface area contributed by atoms with E-state index in [2.05, 4.69) is 6.92 Å². The lowest BCUT2D eigenvalue weighted by Crippen LogP contribution is -2.06. The van der Waals surface area contributed by atoms with Crippen molar-refractivity contribution in [1.29, 1.82) is 0 Å². The summed E-state index contributed by atoms with van der Waals surface area (Å²) in [7, 11) is 3.12. The Hall–Kier alpha value is -1.51. The molecule has 0 heterocycles. The van der Waals surface area contributed by atoms with Gasteiger partial charge in [0, 0.05) is 6.42 Å². The van der Waals surface area contributed by atoms with Gasteiger partial charge in [-0.25, -0.2) is 0 Å². The minimum absolute atomic E-state index is 0.0262. The maximum absolute atomic E-state index is 11.9. The van der Waals surface area contributed by atoms with Gasteiger partial charge in [-0.2, -0.15) is 0 Å². The molecule has 16 heavy (non-hydrogen) atoms. The maximum Gasteiger partial charge on any atom is 0.167 e. The van der Waals surface area contributed by atoms with Gasteiger partial charge in [0.05, 0.1) is 19.8 Å². The average Bonchev–Trinajstić information content (AvgIpc) is 2.27. The van der Waals surface area contributed by atoms with Crippen LogP contribution >= 0.6 is 0 Å². The third-order valence-electron chi connectivity index (χ3n) is 2.24. The number of hydrogen-bond acceptors (Lipinski definition) is 3. The summed E-state index contributed by atoms with van der Waals surface area (Å²) in [5.41, 5.74) is 0.553. The second-order valence-corrected chi connectivity index (χ2v) is 3.80. The van der Waals surface area contributed by atoms with Crippen LogP contribution in [-0.4, -0.2) is 20.0 Å². The molecular formula is C13H17O3. The molecule has 3 heteroatoms. The minimum atomic E-state index is 0.0262. The van der Waals surface area contributed by atoms with E-state index >= 15 is 0 Å². The lowest BCUT2D eigenvalue weighted by molar-refractivity contribution is 0.0968. The number of methoxy groups -OCH3 is 2. The van der Waals surface area contributed by atoms with Crippen LogP contribution in [0.25, 0.3) is 0 Å². The van der Waals surface area contributed by atoms with Crippen molar-refractivity contribution in [3.63, 3.8) is 0 Å². The summed E-state index contributed by atoms with van der Waals surface area (Å²) in [5.74, 6) is 1.34. The third-order valence-corrected chi connectivity index (χ3v) is 2.24. The van der Waals surface area contributed by atoms with Crippen LogP contribution in [0, 0.1) is 12.8 Å². The Morgan fingerprint density at radius 1 is 1.38 bits per heavy atom. The molecule has 3 nitrogen and oxygen atoms in total. The number of carbonyl (C=O) groups is 1. The predicted octanol–water partition coefficient (Wildman–Crippen LogP) is 2.75. The Kier molecular flexibility index (Phi) is 4.35. The summed E-state index contributed by atoms with van der Waals surface area (Å²) in [6.07, 6.45) is 0.406. The normalized spacial score (nSPS) is 10.3. The van der Waals surface area contributed by atoms with Gasteiger partial charge in [0.25, 0.3) is 0 Å². The van der Waals surface area contributed by atoms with Crippen LogP contribution in [0.2, 0.25) is 0 Å². The fourth-order valence-electron chi connectivity index (χ4n) is 1.46. The molecule has 0 aliphatic carbocycles. The summed E-state index contributed by atoms with van der Waals surface area (Å²) in [5, 5.41) is 0. The molecule has 1 unspecified atom stereocenters. The van der Waals surface area contributed by atoms with Crippen LogP contribution < -0.4 is 9.47 Å². The Morgan fingerprint density at radius 3 is 2.56 bits per heavy atom. The van der Waals surface area contributed by atoms with Crippen molar-refractivity contribution in [2.75, 3.05) is 14.2 Å². The van der Waals surface area contributed by atoms with Crippen LogP contribution in [0.3, 0.4) is 0 Å². The number of ether oxygens (including phenoxy) is 2. The molecule has 0 N–H and O–H groups in total. The fraction of sp³-hybridized carbons (Fsp3) is 0.385. The second kappa shape index (κ2) is 5.54. The van der Waals surface area contributed by atoms with Gasteiger partial charge in [0.15, 0.2) is 5.78 Å². The molecule has 0 aliphatic rings. The minimum Gasteiger partial charge on any atom is -0.497 e. The number of hydrogen-bond donors (Lipinski definition) is 0. The lowest BCUT2D eigenvalue weighted by atomic mass is 10.0. The Bertz CT molecular complexity index is 369. The van der Waals surface area contributed by atoms with Crippen LogP contribution in [0.4, 0.5) is 0 Å². The van der Waals surface area contributed by atoms with E-state index in [1.54, 1.807) is 32.4 Å². The number of rotatable bonds is 5. The lowest BCUT2D eigenvalue weighted by Gasteiger charge is -2.10. The SMILES string of the molecule is [CH2]C(C)CC(=O)c1cc(OC)ccc1OC. The number of Topliss-reactive ketones (excluding diaryl/α,β-unsaturated/α-hetero) is 1.